The van der Waals surface area contributed by atoms with Crippen molar-refractivity contribution < 1.29 is 10.2 Å². The molecule has 0 aromatic heterocycles. The molecule has 2 aliphatic rings. The van der Waals surface area contributed by atoms with Crippen molar-refractivity contribution in [3.8, 4) is 5.75 Å². The highest BCUT2D eigenvalue weighted by Gasteiger charge is 2.54. The largest absolute Gasteiger partial charge is 0.508 e. The lowest BCUT2D eigenvalue weighted by Gasteiger charge is -2.54. The van der Waals surface area contributed by atoms with E-state index < -0.39 is 5.60 Å². The zero-order valence-corrected chi connectivity index (χ0v) is 12.6. The molecule has 2 atom stereocenters. The lowest BCUT2D eigenvalue weighted by molar-refractivity contribution is -0.0864. The van der Waals surface area contributed by atoms with Crippen LogP contribution in [0.5, 0.6) is 5.75 Å². The molecule has 20 heavy (non-hydrogen) atoms. The van der Waals surface area contributed by atoms with E-state index in [0.29, 0.717) is 12.3 Å². The Morgan fingerprint density at radius 2 is 1.90 bits per heavy atom. The van der Waals surface area contributed by atoms with Crippen LogP contribution in [0.15, 0.2) is 18.2 Å². The number of aliphatic hydroxyl groups is 1. The highest BCUT2D eigenvalue weighted by Crippen LogP contribution is 2.55. The van der Waals surface area contributed by atoms with Crippen LogP contribution in [0.4, 0.5) is 0 Å². The Bertz CT molecular complexity index is 489. The van der Waals surface area contributed by atoms with Crippen molar-refractivity contribution in [2.24, 2.45) is 5.73 Å². The Kier molecular flexibility index (Phi) is 4.33. The second-order valence-corrected chi connectivity index (χ2v) is 6.16. The van der Waals surface area contributed by atoms with Crippen molar-refractivity contribution in [1.29, 1.82) is 0 Å². The maximum atomic E-state index is 11.2. The van der Waals surface area contributed by atoms with E-state index in [9.17, 15) is 10.2 Å². The van der Waals surface area contributed by atoms with Gasteiger partial charge in [-0.3, -0.25) is 0 Å². The second kappa shape index (κ2) is 5.55. The Labute approximate surface area is 126 Å². The molecule has 1 aromatic rings. The van der Waals surface area contributed by atoms with Gasteiger partial charge >= 0.3 is 0 Å². The molecule has 4 heteroatoms. The molecule has 0 radical (unpaired) electrons. The van der Waals surface area contributed by atoms with Crippen LogP contribution in [0.1, 0.15) is 49.7 Å². The minimum Gasteiger partial charge on any atom is -0.508 e. The molecule has 1 aromatic carbocycles. The molecular weight excluding hydrogens is 274 g/mol. The van der Waals surface area contributed by atoms with Crippen LogP contribution in [-0.2, 0) is 11.8 Å². The highest BCUT2D eigenvalue weighted by atomic mass is 35.5. The average Bonchev–Trinajstić information content (AvgIpc) is 2.40. The molecule has 3 nitrogen and oxygen atoms in total. The lowest BCUT2D eigenvalue weighted by Crippen LogP contribution is -2.57. The van der Waals surface area contributed by atoms with Gasteiger partial charge in [-0.15, -0.1) is 12.4 Å². The average molecular weight is 298 g/mol. The van der Waals surface area contributed by atoms with Crippen molar-refractivity contribution in [3.63, 3.8) is 0 Å². The van der Waals surface area contributed by atoms with Gasteiger partial charge in [-0.2, -0.15) is 0 Å². The number of phenols is 1. The summed E-state index contributed by atoms with van der Waals surface area (Å²) in [5.74, 6) is 0.376. The predicted octanol–water partition coefficient (Wildman–Crippen LogP) is 2.65. The molecule has 3 rings (SSSR count). The zero-order valence-electron chi connectivity index (χ0n) is 11.8. The highest BCUT2D eigenvalue weighted by molar-refractivity contribution is 5.85. The SMILES string of the molecule is Cl.NCC[C@@]12CCCC[C@]1(O)CCc1c(O)cccc12. The minimum atomic E-state index is -0.634. The molecule has 1 fully saturated rings. The van der Waals surface area contributed by atoms with Crippen LogP contribution in [0, 0.1) is 0 Å². The summed E-state index contributed by atoms with van der Waals surface area (Å²) in [6.45, 7) is 0.581. The van der Waals surface area contributed by atoms with Gasteiger partial charge in [0.15, 0.2) is 0 Å². The summed E-state index contributed by atoms with van der Waals surface area (Å²) in [6.07, 6.45) is 6.40. The van der Waals surface area contributed by atoms with Crippen molar-refractivity contribution in [2.75, 3.05) is 6.54 Å². The van der Waals surface area contributed by atoms with E-state index in [1.165, 1.54) is 0 Å². The molecule has 4 N–H and O–H groups in total. The van der Waals surface area contributed by atoms with Crippen molar-refractivity contribution >= 4 is 12.4 Å². The standard InChI is InChI=1S/C16H23NO2.ClH/c17-11-10-15-7-1-2-8-16(15,19)9-6-12-13(15)4-3-5-14(12)18;/h3-5,18-19H,1-2,6-11,17H2;1H/t15-,16+;/m1./s1. The van der Waals surface area contributed by atoms with E-state index in [4.69, 9.17) is 5.73 Å². The number of fused-ring (bicyclic) bond motifs is 3. The lowest BCUT2D eigenvalue weighted by atomic mass is 9.53. The van der Waals surface area contributed by atoms with Gasteiger partial charge in [0, 0.05) is 5.41 Å². The quantitative estimate of drug-likeness (QED) is 0.786. The number of aromatic hydroxyl groups is 1. The molecule has 0 bridgehead atoms. The minimum absolute atomic E-state index is 0. The number of phenolic OH excluding ortho intramolecular Hbond substituents is 1. The van der Waals surface area contributed by atoms with E-state index in [0.717, 1.165) is 56.1 Å². The van der Waals surface area contributed by atoms with Crippen LogP contribution >= 0.6 is 12.4 Å². The summed E-state index contributed by atoms with van der Waals surface area (Å²) in [6, 6.07) is 5.73. The summed E-state index contributed by atoms with van der Waals surface area (Å²) in [5, 5.41) is 21.3. The van der Waals surface area contributed by atoms with Gasteiger partial charge < -0.3 is 15.9 Å². The second-order valence-electron chi connectivity index (χ2n) is 6.16. The van der Waals surface area contributed by atoms with Gasteiger partial charge in [-0.1, -0.05) is 25.0 Å². The molecule has 0 saturated heterocycles. The number of hydrogen-bond donors (Lipinski definition) is 3. The monoisotopic (exact) mass is 297 g/mol. The third-order valence-corrected chi connectivity index (χ3v) is 5.36. The van der Waals surface area contributed by atoms with Gasteiger partial charge in [0.2, 0.25) is 0 Å². The fourth-order valence-corrected chi connectivity index (χ4v) is 4.42. The predicted molar refractivity (Wildman–Crippen MR) is 82.4 cm³/mol. The van der Waals surface area contributed by atoms with Crippen LogP contribution in [0.2, 0.25) is 0 Å². The number of benzene rings is 1. The maximum absolute atomic E-state index is 11.2. The molecule has 0 unspecified atom stereocenters. The molecule has 0 amide bonds. The Morgan fingerprint density at radius 1 is 1.15 bits per heavy atom. The first-order valence-corrected chi connectivity index (χ1v) is 7.37. The van der Waals surface area contributed by atoms with Gasteiger partial charge in [-0.25, -0.2) is 0 Å². The molecule has 0 aliphatic heterocycles. The molecule has 112 valence electrons. The van der Waals surface area contributed by atoms with E-state index in [1.54, 1.807) is 6.07 Å². The number of hydrogen-bond acceptors (Lipinski definition) is 3. The van der Waals surface area contributed by atoms with E-state index >= 15 is 0 Å². The van der Waals surface area contributed by atoms with Crippen LogP contribution in [0.3, 0.4) is 0 Å². The summed E-state index contributed by atoms with van der Waals surface area (Å²) < 4.78 is 0. The Morgan fingerprint density at radius 3 is 2.65 bits per heavy atom. The Hall–Kier alpha value is -0.770. The van der Waals surface area contributed by atoms with Gasteiger partial charge in [0.25, 0.3) is 0 Å². The fraction of sp³-hybridized carbons (Fsp3) is 0.625. The van der Waals surface area contributed by atoms with Crippen LogP contribution in [-0.4, -0.2) is 22.4 Å². The maximum Gasteiger partial charge on any atom is 0.119 e. The summed E-state index contributed by atoms with van der Waals surface area (Å²) in [7, 11) is 0. The van der Waals surface area contributed by atoms with Crippen LogP contribution < -0.4 is 5.73 Å². The Balaban J connectivity index is 0.00000147. The zero-order chi connectivity index (χ0) is 13.5. The smallest absolute Gasteiger partial charge is 0.119 e. The molecule has 2 aliphatic carbocycles. The van der Waals surface area contributed by atoms with Gasteiger partial charge in [0.1, 0.15) is 5.75 Å². The topological polar surface area (TPSA) is 66.5 Å². The van der Waals surface area contributed by atoms with E-state index in [2.05, 4.69) is 6.07 Å². The molecule has 0 spiro atoms. The first-order chi connectivity index (χ1) is 9.13. The molecular formula is C16H24ClNO2. The third kappa shape index (κ3) is 2.03. The fourth-order valence-electron chi connectivity index (χ4n) is 4.42. The third-order valence-electron chi connectivity index (χ3n) is 5.36. The molecule has 1 saturated carbocycles. The van der Waals surface area contributed by atoms with E-state index in [-0.39, 0.29) is 17.8 Å². The number of halogens is 1. The molecule has 0 heterocycles. The first kappa shape index (κ1) is 15.6. The summed E-state index contributed by atoms with van der Waals surface area (Å²) in [4.78, 5) is 0. The van der Waals surface area contributed by atoms with Crippen molar-refractivity contribution in [3.05, 3.63) is 29.3 Å². The van der Waals surface area contributed by atoms with Gasteiger partial charge in [0.05, 0.1) is 5.60 Å². The number of rotatable bonds is 2. The summed E-state index contributed by atoms with van der Waals surface area (Å²) in [5.41, 5.74) is 7.14. The van der Waals surface area contributed by atoms with E-state index in [1.807, 2.05) is 6.07 Å². The van der Waals surface area contributed by atoms with Crippen molar-refractivity contribution in [2.45, 2.75) is 56.0 Å². The van der Waals surface area contributed by atoms with Crippen molar-refractivity contribution in [1.82, 2.24) is 0 Å². The first-order valence-electron chi connectivity index (χ1n) is 7.37. The van der Waals surface area contributed by atoms with Crippen LogP contribution in [0.25, 0.3) is 0 Å². The van der Waals surface area contributed by atoms with Gasteiger partial charge in [-0.05, 0) is 55.8 Å². The normalized spacial score (nSPS) is 31.9. The summed E-state index contributed by atoms with van der Waals surface area (Å²) >= 11 is 0. The number of nitrogens with two attached hydrogens (primary N) is 1.